The average Bonchev–Trinajstić information content (AvgIpc) is 3.01. The lowest BCUT2D eigenvalue weighted by molar-refractivity contribution is -0.121. The van der Waals surface area contributed by atoms with E-state index in [9.17, 15) is 14.0 Å². The van der Waals surface area contributed by atoms with Gasteiger partial charge in [0.1, 0.15) is 11.6 Å². The number of nitrogens with one attached hydrogen (secondary N) is 1. The molecular formula is C21H23FN2O4. The molecular weight excluding hydrogens is 363 g/mol. The number of carbonyl (C=O) groups is 1. The van der Waals surface area contributed by atoms with Crippen molar-refractivity contribution in [1.82, 2.24) is 9.88 Å². The first-order valence-corrected chi connectivity index (χ1v) is 9.37. The van der Waals surface area contributed by atoms with Crippen molar-refractivity contribution in [3.8, 4) is 5.75 Å². The molecule has 0 atom stereocenters. The van der Waals surface area contributed by atoms with Crippen LogP contribution in [0.15, 0.2) is 57.7 Å². The van der Waals surface area contributed by atoms with Gasteiger partial charge in [0.2, 0.25) is 5.91 Å². The Balaban J connectivity index is 1.29. The molecule has 3 aromatic rings. The Morgan fingerprint density at radius 2 is 1.86 bits per heavy atom. The number of fused-ring (bicyclic) bond motifs is 1. The Bertz CT molecular complexity index is 962. The summed E-state index contributed by atoms with van der Waals surface area (Å²) in [5.41, 5.74) is 1.30. The number of unbranched alkanes of at least 4 members (excludes halogenated alkanes) is 1. The minimum atomic E-state index is -0.400. The molecule has 0 radical (unpaired) electrons. The van der Waals surface area contributed by atoms with Crippen LogP contribution in [0.1, 0.15) is 25.7 Å². The monoisotopic (exact) mass is 386 g/mol. The quantitative estimate of drug-likeness (QED) is 0.542. The predicted molar refractivity (Wildman–Crippen MR) is 104 cm³/mol. The molecule has 0 spiro atoms. The third kappa shape index (κ3) is 5.45. The van der Waals surface area contributed by atoms with E-state index in [1.807, 2.05) is 18.2 Å². The maximum Gasteiger partial charge on any atom is 0.419 e. The van der Waals surface area contributed by atoms with Crippen LogP contribution in [-0.4, -0.2) is 23.6 Å². The molecule has 1 N–H and O–H groups in total. The van der Waals surface area contributed by atoms with Crippen molar-refractivity contribution < 1.29 is 18.3 Å². The summed E-state index contributed by atoms with van der Waals surface area (Å²) >= 11 is 0. The Morgan fingerprint density at radius 3 is 2.68 bits per heavy atom. The number of halogens is 1. The Hall–Kier alpha value is -3.09. The Morgan fingerprint density at radius 1 is 1.07 bits per heavy atom. The highest BCUT2D eigenvalue weighted by molar-refractivity contribution is 5.76. The Labute approximate surface area is 161 Å². The van der Waals surface area contributed by atoms with Crippen LogP contribution < -0.4 is 15.8 Å². The number of para-hydroxylation sites is 2. The first-order valence-electron chi connectivity index (χ1n) is 9.37. The minimum Gasteiger partial charge on any atom is -0.494 e. The molecule has 0 bridgehead atoms. The van der Waals surface area contributed by atoms with Crippen molar-refractivity contribution in [3.05, 3.63) is 64.9 Å². The van der Waals surface area contributed by atoms with Crippen LogP contribution in [0.4, 0.5) is 4.39 Å². The number of aromatic nitrogens is 1. The summed E-state index contributed by atoms with van der Waals surface area (Å²) in [6.45, 7) is 1.52. The van der Waals surface area contributed by atoms with Crippen LogP contribution in [0.5, 0.6) is 5.75 Å². The maximum absolute atomic E-state index is 12.8. The largest absolute Gasteiger partial charge is 0.494 e. The number of amides is 1. The molecule has 28 heavy (non-hydrogen) atoms. The number of benzene rings is 2. The zero-order valence-electron chi connectivity index (χ0n) is 15.5. The highest BCUT2D eigenvalue weighted by Crippen LogP contribution is 2.13. The predicted octanol–water partition coefficient (Wildman–Crippen LogP) is 3.49. The second kappa shape index (κ2) is 9.73. The fraction of sp³-hybridized carbons (Fsp3) is 0.333. The summed E-state index contributed by atoms with van der Waals surface area (Å²) < 4.78 is 25.0. The van der Waals surface area contributed by atoms with E-state index < -0.39 is 5.76 Å². The zero-order valence-corrected chi connectivity index (χ0v) is 15.5. The summed E-state index contributed by atoms with van der Waals surface area (Å²) in [6.07, 6.45) is 2.48. The molecule has 0 aliphatic rings. The fourth-order valence-corrected chi connectivity index (χ4v) is 2.89. The molecule has 0 unspecified atom stereocenters. The van der Waals surface area contributed by atoms with Gasteiger partial charge in [-0.05, 0) is 55.7 Å². The van der Waals surface area contributed by atoms with Crippen LogP contribution in [-0.2, 0) is 11.3 Å². The van der Waals surface area contributed by atoms with Crippen molar-refractivity contribution in [3.63, 3.8) is 0 Å². The molecule has 0 fully saturated rings. The summed E-state index contributed by atoms with van der Waals surface area (Å²) in [7, 11) is 0. The smallest absolute Gasteiger partial charge is 0.419 e. The van der Waals surface area contributed by atoms with Crippen molar-refractivity contribution in [2.75, 3.05) is 13.2 Å². The molecule has 0 aliphatic carbocycles. The van der Waals surface area contributed by atoms with Crippen molar-refractivity contribution in [1.29, 1.82) is 0 Å². The number of carbonyl (C=O) groups excluding carboxylic acids is 1. The van der Waals surface area contributed by atoms with E-state index in [-0.39, 0.29) is 11.7 Å². The SMILES string of the molecule is O=C(CCCn1c(=O)oc2ccccc21)NCCCCOc1ccc(F)cc1. The summed E-state index contributed by atoms with van der Waals surface area (Å²) in [5, 5.41) is 2.87. The third-order valence-electron chi connectivity index (χ3n) is 4.33. The van der Waals surface area contributed by atoms with Gasteiger partial charge in [-0.25, -0.2) is 9.18 Å². The van der Waals surface area contributed by atoms with Gasteiger partial charge in [-0.1, -0.05) is 12.1 Å². The first kappa shape index (κ1) is 19.7. The maximum atomic E-state index is 12.8. The number of oxazole rings is 1. The van der Waals surface area contributed by atoms with Gasteiger partial charge in [0.05, 0.1) is 12.1 Å². The normalized spacial score (nSPS) is 10.9. The third-order valence-corrected chi connectivity index (χ3v) is 4.33. The van der Waals surface area contributed by atoms with Crippen LogP contribution in [0.2, 0.25) is 0 Å². The molecule has 0 saturated heterocycles. The van der Waals surface area contributed by atoms with Crippen LogP contribution >= 0.6 is 0 Å². The van der Waals surface area contributed by atoms with E-state index in [0.717, 1.165) is 18.4 Å². The second-order valence-corrected chi connectivity index (χ2v) is 6.45. The van der Waals surface area contributed by atoms with E-state index in [4.69, 9.17) is 9.15 Å². The van der Waals surface area contributed by atoms with Crippen LogP contribution in [0, 0.1) is 5.82 Å². The first-order chi connectivity index (χ1) is 13.6. The van der Waals surface area contributed by atoms with E-state index >= 15 is 0 Å². The highest BCUT2D eigenvalue weighted by atomic mass is 19.1. The topological polar surface area (TPSA) is 73.5 Å². The molecule has 0 saturated carbocycles. The van der Waals surface area contributed by atoms with Gasteiger partial charge < -0.3 is 14.5 Å². The number of rotatable bonds is 10. The van der Waals surface area contributed by atoms with Gasteiger partial charge in [-0.3, -0.25) is 9.36 Å². The average molecular weight is 386 g/mol. The molecule has 6 nitrogen and oxygen atoms in total. The van der Waals surface area contributed by atoms with Gasteiger partial charge in [0.15, 0.2) is 5.58 Å². The van der Waals surface area contributed by atoms with Gasteiger partial charge >= 0.3 is 5.76 Å². The number of hydrogen-bond acceptors (Lipinski definition) is 4. The molecule has 3 rings (SSSR count). The van der Waals surface area contributed by atoms with Crippen molar-refractivity contribution >= 4 is 17.0 Å². The lowest BCUT2D eigenvalue weighted by Crippen LogP contribution is -2.25. The van der Waals surface area contributed by atoms with E-state index in [1.165, 1.54) is 12.1 Å². The van der Waals surface area contributed by atoms with Gasteiger partial charge in [0.25, 0.3) is 0 Å². The van der Waals surface area contributed by atoms with Crippen molar-refractivity contribution in [2.45, 2.75) is 32.2 Å². The number of hydrogen-bond donors (Lipinski definition) is 1. The number of ether oxygens (including phenoxy) is 1. The number of nitrogens with zero attached hydrogens (tertiary/aromatic N) is 1. The zero-order chi connectivity index (χ0) is 19.8. The van der Waals surface area contributed by atoms with Gasteiger partial charge in [0, 0.05) is 19.5 Å². The summed E-state index contributed by atoms with van der Waals surface area (Å²) in [4.78, 5) is 23.8. The molecule has 1 heterocycles. The van der Waals surface area contributed by atoms with Crippen LogP contribution in [0.25, 0.3) is 11.1 Å². The van der Waals surface area contributed by atoms with Gasteiger partial charge in [-0.15, -0.1) is 0 Å². The minimum absolute atomic E-state index is 0.0414. The molecule has 2 aromatic carbocycles. The number of aryl methyl sites for hydroxylation is 1. The van der Waals surface area contributed by atoms with E-state index in [1.54, 1.807) is 22.8 Å². The van der Waals surface area contributed by atoms with E-state index in [2.05, 4.69) is 5.32 Å². The second-order valence-electron chi connectivity index (χ2n) is 6.45. The standard InChI is InChI=1S/C21H23FN2O4/c22-16-9-11-17(12-10-16)27-15-4-3-13-23-20(25)8-5-14-24-18-6-1-2-7-19(18)28-21(24)26/h1-2,6-7,9-12H,3-5,8,13-15H2,(H,23,25). The lowest BCUT2D eigenvalue weighted by Gasteiger charge is -2.07. The summed E-state index contributed by atoms with van der Waals surface area (Å²) in [6, 6.07) is 13.1. The van der Waals surface area contributed by atoms with E-state index in [0.29, 0.717) is 43.9 Å². The van der Waals surface area contributed by atoms with Crippen LogP contribution in [0.3, 0.4) is 0 Å². The molecule has 1 amide bonds. The van der Waals surface area contributed by atoms with Gasteiger partial charge in [-0.2, -0.15) is 0 Å². The molecule has 148 valence electrons. The molecule has 7 heteroatoms. The Kier molecular flexibility index (Phi) is 6.84. The highest BCUT2D eigenvalue weighted by Gasteiger charge is 2.09. The summed E-state index contributed by atoms with van der Waals surface area (Å²) in [5.74, 6) is -0.101. The molecule has 0 aliphatic heterocycles. The molecule has 1 aromatic heterocycles. The lowest BCUT2D eigenvalue weighted by atomic mass is 10.2. The van der Waals surface area contributed by atoms with Crippen molar-refractivity contribution in [2.24, 2.45) is 0 Å². The fourth-order valence-electron chi connectivity index (χ4n) is 2.89.